The largest absolute Gasteiger partial charge is 0.427 e. The first-order chi connectivity index (χ1) is 15.1. The van der Waals surface area contributed by atoms with Gasteiger partial charge in [-0.2, -0.15) is 0 Å². The normalized spacial score (nSPS) is 19.2. The maximum Gasteiger partial charge on any atom is 0.346 e. The average Bonchev–Trinajstić information content (AvgIpc) is 2.76. The summed E-state index contributed by atoms with van der Waals surface area (Å²) in [6.45, 7) is 4.31. The van der Waals surface area contributed by atoms with Gasteiger partial charge in [0.25, 0.3) is 0 Å². The monoisotopic (exact) mass is 428 g/mol. The van der Waals surface area contributed by atoms with E-state index in [-0.39, 0.29) is 17.1 Å². The van der Waals surface area contributed by atoms with Gasteiger partial charge in [0.2, 0.25) is 0 Å². The molecule has 0 N–H and O–H groups in total. The summed E-state index contributed by atoms with van der Waals surface area (Å²) in [7, 11) is 0. The molecule has 2 aromatic rings. The Bertz CT molecular complexity index is 861. The number of halogens is 1. The number of hydrogen-bond donors (Lipinski definition) is 0. The quantitative estimate of drug-likeness (QED) is 0.316. The lowest BCUT2D eigenvalue weighted by Gasteiger charge is -2.29. The third-order valence-electron chi connectivity index (χ3n) is 7.20. The van der Waals surface area contributed by atoms with E-state index in [2.05, 4.69) is 6.92 Å². The minimum atomic E-state index is -0.524. The van der Waals surface area contributed by atoms with Crippen molar-refractivity contribution >= 4 is 10.8 Å². The molecule has 31 heavy (non-hydrogen) atoms. The molecule has 0 aliphatic heterocycles. The van der Waals surface area contributed by atoms with Crippen LogP contribution in [0.5, 0.6) is 0 Å². The Balaban J connectivity index is 1.49. The highest BCUT2D eigenvalue weighted by molar-refractivity contribution is 5.83. The van der Waals surface area contributed by atoms with E-state index in [0.717, 1.165) is 25.2 Å². The summed E-state index contributed by atoms with van der Waals surface area (Å²) < 4.78 is 20.6. The Hall–Kier alpha value is -1.64. The van der Waals surface area contributed by atoms with Gasteiger partial charge in [0.1, 0.15) is 17.0 Å². The van der Waals surface area contributed by atoms with Crippen molar-refractivity contribution < 1.29 is 8.81 Å². The summed E-state index contributed by atoms with van der Waals surface area (Å²) in [5.74, 6) is 1.32. The fraction of sp³-hybridized carbons (Fsp3) is 0.679. The van der Waals surface area contributed by atoms with Crippen LogP contribution in [0.3, 0.4) is 0 Å². The molecule has 0 radical (unpaired) electrons. The summed E-state index contributed by atoms with van der Waals surface area (Å²) in [6, 6.07) is 5.65. The van der Waals surface area contributed by atoms with Gasteiger partial charge in [0.15, 0.2) is 0 Å². The molecule has 0 atom stereocenters. The Morgan fingerprint density at radius 1 is 0.903 bits per heavy atom. The zero-order valence-corrected chi connectivity index (χ0v) is 19.7. The van der Waals surface area contributed by atoms with Gasteiger partial charge >= 0.3 is 5.63 Å². The van der Waals surface area contributed by atoms with Gasteiger partial charge in [0, 0.05) is 6.42 Å². The summed E-state index contributed by atoms with van der Waals surface area (Å²) in [5.41, 5.74) is 0.192. The summed E-state index contributed by atoms with van der Waals surface area (Å²) in [5, 5.41) is 0.808. The van der Waals surface area contributed by atoms with Crippen molar-refractivity contribution in [2.75, 3.05) is 0 Å². The van der Waals surface area contributed by atoms with Crippen LogP contribution < -0.4 is 5.63 Å². The van der Waals surface area contributed by atoms with E-state index in [1.54, 1.807) is 0 Å². The van der Waals surface area contributed by atoms with Crippen LogP contribution >= 0.6 is 0 Å². The molecule has 1 aliphatic carbocycles. The van der Waals surface area contributed by atoms with Crippen LogP contribution in [0.1, 0.15) is 121 Å². The summed E-state index contributed by atoms with van der Waals surface area (Å²) in [6.07, 6.45) is 18.3. The maximum absolute atomic E-state index is 15.3. The second kappa shape index (κ2) is 12.4. The zero-order chi connectivity index (χ0) is 22.1. The molecule has 0 unspecified atom stereocenters. The molecule has 1 heterocycles. The van der Waals surface area contributed by atoms with Crippen molar-refractivity contribution in [3.8, 4) is 0 Å². The van der Waals surface area contributed by atoms with Crippen LogP contribution in [-0.2, 0) is 6.42 Å². The minimum absolute atomic E-state index is 0.137. The molecule has 2 nitrogen and oxygen atoms in total. The Morgan fingerprint density at radius 3 is 2.26 bits per heavy atom. The highest BCUT2D eigenvalue weighted by atomic mass is 19.1. The third kappa shape index (κ3) is 6.67. The van der Waals surface area contributed by atoms with Gasteiger partial charge in [-0.3, -0.25) is 0 Å². The number of fused-ring (bicyclic) bond motifs is 1. The van der Waals surface area contributed by atoms with Gasteiger partial charge < -0.3 is 4.42 Å². The van der Waals surface area contributed by atoms with Gasteiger partial charge in [0.05, 0.1) is 0 Å². The predicted molar refractivity (Wildman–Crippen MR) is 128 cm³/mol. The van der Waals surface area contributed by atoms with Crippen molar-refractivity contribution in [3.05, 3.63) is 45.8 Å². The third-order valence-corrected chi connectivity index (χ3v) is 7.20. The van der Waals surface area contributed by atoms with Gasteiger partial charge in [-0.1, -0.05) is 83.8 Å². The van der Waals surface area contributed by atoms with Gasteiger partial charge in [-0.25, -0.2) is 9.18 Å². The molecule has 0 spiro atoms. The van der Waals surface area contributed by atoms with E-state index in [4.69, 9.17) is 4.42 Å². The number of unbranched alkanes of at least 4 members (excludes halogenated alkanes) is 7. The van der Waals surface area contributed by atoms with Crippen molar-refractivity contribution in [1.29, 1.82) is 0 Å². The second-order valence-electron chi connectivity index (χ2n) is 9.66. The molecule has 0 amide bonds. The Labute approximate surface area is 187 Å². The molecule has 0 bridgehead atoms. The lowest BCUT2D eigenvalue weighted by Crippen LogP contribution is -2.15. The number of aryl methyl sites for hydroxylation is 1. The highest BCUT2D eigenvalue weighted by Crippen LogP contribution is 2.39. The number of benzene rings is 1. The molecular formula is C28H41FO2. The SMILES string of the molecule is CCCCCCCCCCC1CCC(c2ccc3cc(CCC)oc(=O)c3c2F)CC1. The highest BCUT2D eigenvalue weighted by Gasteiger charge is 2.25. The van der Waals surface area contributed by atoms with Crippen molar-refractivity contribution in [3.63, 3.8) is 0 Å². The molecule has 172 valence electrons. The maximum atomic E-state index is 15.3. The first-order valence-electron chi connectivity index (χ1n) is 12.9. The molecule has 0 saturated heterocycles. The van der Waals surface area contributed by atoms with E-state index in [1.165, 1.54) is 70.6 Å². The fourth-order valence-electron chi connectivity index (χ4n) is 5.32. The molecule has 1 fully saturated rings. The molecule has 3 heteroatoms. The van der Waals surface area contributed by atoms with Crippen molar-refractivity contribution in [2.45, 2.75) is 116 Å². The van der Waals surface area contributed by atoms with Crippen LogP contribution in [0, 0.1) is 11.7 Å². The Morgan fingerprint density at radius 2 is 1.58 bits per heavy atom. The first kappa shape index (κ1) is 24.0. The van der Waals surface area contributed by atoms with E-state index in [9.17, 15) is 4.79 Å². The van der Waals surface area contributed by atoms with Crippen LogP contribution in [-0.4, -0.2) is 0 Å². The average molecular weight is 429 g/mol. The van der Waals surface area contributed by atoms with Crippen LogP contribution in [0.2, 0.25) is 0 Å². The molecule has 1 aliphatic rings. The van der Waals surface area contributed by atoms with Crippen molar-refractivity contribution in [2.24, 2.45) is 5.92 Å². The summed E-state index contributed by atoms with van der Waals surface area (Å²) in [4.78, 5) is 12.4. The Kier molecular flexibility index (Phi) is 9.61. The topological polar surface area (TPSA) is 30.2 Å². The summed E-state index contributed by atoms with van der Waals surface area (Å²) >= 11 is 0. The van der Waals surface area contributed by atoms with E-state index in [0.29, 0.717) is 23.1 Å². The molecule has 3 rings (SSSR count). The predicted octanol–water partition coefficient (Wildman–Crippen LogP) is 8.69. The van der Waals surface area contributed by atoms with E-state index >= 15 is 4.39 Å². The molecule has 1 saturated carbocycles. The fourth-order valence-corrected chi connectivity index (χ4v) is 5.32. The molecule has 1 aromatic carbocycles. The smallest absolute Gasteiger partial charge is 0.346 e. The van der Waals surface area contributed by atoms with Crippen LogP contribution in [0.15, 0.2) is 27.4 Å². The first-order valence-corrected chi connectivity index (χ1v) is 12.9. The molecular weight excluding hydrogens is 387 g/mol. The van der Waals surface area contributed by atoms with E-state index < -0.39 is 5.63 Å². The second-order valence-corrected chi connectivity index (χ2v) is 9.66. The standard InChI is InChI=1S/C28H41FO2/c1-3-5-6-7-8-9-10-11-13-21-14-16-22(17-15-21)25-19-18-23-20-24(12-4-2)31-28(30)26(23)27(25)29/h18-22H,3-17H2,1-2H3. The molecule has 1 aromatic heterocycles. The van der Waals surface area contributed by atoms with E-state index in [1.807, 2.05) is 25.1 Å². The van der Waals surface area contributed by atoms with Crippen molar-refractivity contribution in [1.82, 2.24) is 0 Å². The van der Waals surface area contributed by atoms with Gasteiger partial charge in [-0.15, -0.1) is 0 Å². The van der Waals surface area contributed by atoms with Gasteiger partial charge in [-0.05, 0) is 61.0 Å². The lowest BCUT2D eigenvalue weighted by molar-refractivity contribution is 0.298. The van der Waals surface area contributed by atoms with Crippen LogP contribution in [0.4, 0.5) is 4.39 Å². The number of rotatable bonds is 12. The lowest BCUT2D eigenvalue weighted by atomic mass is 9.76. The minimum Gasteiger partial charge on any atom is -0.427 e. The zero-order valence-electron chi connectivity index (χ0n) is 19.7. The number of hydrogen-bond acceptors (Lipinski definition) is 2. The van der Waals surface area contributed by atoms with Crippen LogP contribution in [0.25, 0.3) is 10.8 Å².